The molecule has 0 aliphatic rings. The lowest BCUT2D eigenvalue weighted by atomic mass is 10.1. The van der Waals surface area contributed by atoms with Gasteiger partial charge in [-0.25, -0.2) is 0 Å². The second-order valence-electron chi connectivity index (χ2n) is 6.58. The van der Waals surface area contributed by atoms with Crippen LogP contribution in [0.15, 0.2) is 65.1 Å². The van der Waals surface area contributed by atoms with Gasteiger partial charge in [0.05, 0.1) is 24.1 Å². The van der Waals surface area contributed by atoms with Gasteiger partial charge in [0.1, 0.15) is 12.3 Å². The van der Waals surface area contributed by atoms with Crippen LogP contribution in [0, 0.1) is 10.1 Å². The molecule has 28 heavy (non-hydrogen) atoms. The van der Waals surface area contributed by atoms with Crippen molar-refractivity contribution in [3.8, 4) is 11.3 Å². The van der Waals surface area contributed by atoms with Crippen LogP contribution in [0.4, 0.5) is 11.4 Å². The van der Waals surface area contributed by atoms with Crippen molar-refractivity contribution >= 4 is 11.4 Å². The van der Waals surface area contributed by atoms with Crippen molar-refractivity contribution < 1.29 is 19.8 Å². The maximum Gasteiger partial charge on any atom is 0.269 e. The lowest BCUT2D eigenvalue weighted by Crippen LogP contribution is -2.83. The quantitative estimate of drug-likeness (QED) is 0.300. The maximum absolute atomic E-state index is 10.6. The van der Waals surface area contributed by atoms with E-state index in [0.29, 0.717) is 0 Å². The standard InChI is InChI=1S/C21H23N3O4/c1-15(25)16-2-4-17(5-3-16)21-11-10-20(28-21)14-22-12-13-23-18-6-8-19(9-7-18)24(26)27/h2-11,15,22-23,25H,12-14H2,1H3/p+1/t15-/m1/s1. The van der Waals surface area contributed by atoms with E-state index in [0.717, 1.165) is 48.0 Å². The average molecular weight is 382 g/mol. The summed E-state index contributed by atoms with van der Waals surface area (Å²) in [5, 5.41) is 25.6. The first-order valence-corrected chi connectivity index (χ1v) is 9.20. The number of anilines is 1. The van der Waals surface area contributed by atoms with Crippen LogP contribution in [0.2, 0.25) is 0 Å². The Morgan fingerprint density at radius 2 is 1.82 bits per heavy atom. The van der Waals surface area contributed by atoms with Crippen LogP contribution in [0.1, 0.15) is 24.4 Å². The third-order valence-electron chi connectivity index (χ3n) is 4.44. The minimum Gasteiger partial charge on any atom is -0.455 e. The Hall–Kier alpha value is -3.16. The van der Waals surface area contributed by atoms with Crippen molar-refractivity contribution in [2.45, 2.75) is 19.6 Å². The van der Waals surface area contributed by atoms with E-state index < -0.39 is 11.0 Å². The van der Waals surface area contributed by atoms with E-state index in [2.05, 4.69) is 10.6 Å². The molecule has 2 aromatic carbocycles. The second-order valence-corrected chi connectivity index (χ2v) is 6.58. The molecule has 3 aromatic rings. The molecule has 0 fully saturated rings. The number of non-ortho nitro benzene ring substituents is 1. The van der Waals surface area contributed by atoms with Crippen molar-refractivity contribution in [3.05, 3.63) is 82.1 Å². The van der Waals surface area contributed by atoms with Crippen molar-refractivity contribution in [2.75, 3.05) is 18.4 Å². The Morgan fingerprint density at radius 1 is 1.11 bits per heavy atom. The molecule has 0 unspecified atom stereocenters. The average Bonchev–Trinajstić information content (AvgIpc) is 3.17. The first-order chi connectivity index (χ1) is 13.5. The van der Waals surface area contributed by atoms with Gasteiger partial charge in [0.25, 0.3) is 5.69 Å². The number of hydrogen-bond acceptors (Lipinski definition) is 5. The zero-order chi connectivity index (χ0) is 19.9. The molecule has 0 saturated heterocycles. The summed E-state index contributed by atoms with van der Waals surface area (Å²) in [7, 11) is 0. The number of nitrogens with zero attached hydrogens (tertiary/aromatic N) is 1. The van der Waals surface area contributed by atoms with Crippen LogP contribution in [0.3, 0.4) is 0 Å². The van der Waals surface area contributed by atoms with Gasteiger partial charge in [-0.2, -0.15) is 0 Å². The monoisotopic (exact) mass is 382 g/mol. The van der Waals surface area contributed by atoms with Gasteiger partial charge in [0, 0.05) is 23.4 Å². The first-order valence-electron chi connectivity index (χ1n) is 9.20. The van der Waals surface area contributed by atoms with Gasteiger partial charge in [-0.05, 0) is 36.8 Å². The van der Waals surface area contributed by atoms with E-state index >= 15 is 0 Å². The summed E-state index contributed by atoms with van der Waals surface area (Å²) in [5.74, 6) is 1.70. The molecule has 7 nitrogen and oxygen atoms in total. The van der Waals surface area contributed by atoms with E-state index in [-0.39, 0.29) is 5.69 Å². The van der Waals surface area contributed by atoms with Gasteiger partial charge in [0.15, 0.2) is 5.76 Å². The number of nitrogens with one attached hydrogen (secondary N) is 1. The fourth-order valence-electron chi connectivity index (χ4n) is 2.83. The summed E-state index contributed by atoms with van der Waals surface area (Å²) in [6, 6.07) is 18.0. The molecule has 1 aromatic heterocycles. The van der Waals surface area contributed by atoms with Crippen LogP contribution >= 0.6 is 0 Å². The molecule has 0 radical (unpaired) electrons. The highest BCUT2D eigenvalue weighted by atomic mass is 16.6. The smallest absolute Gasteiger partial charge is 0.269 e. The Balaban J connectivity index is 1.42. The van der Waals surface area contributed by atoms with E-state index in [1.807, 2.05) is 36.4 Å². The van der Waals surface area contributed by atoms with Crippen LogP contribution in [-0.4, -0.2) is 23.1 Å². The Morgan fingerprint density at radius 3 is 2.46 bits per heavy atom. The highest BCUT2D eigenvalue weighted by molar-refractivity contribution is 5.58. The number of aliphatic hydroxyl groups is 1. The van der Waals surface area contributed by atoms with Crippen LogP contribution in [-0.2, 0) is 6.54 Å². The molecule has 4 N–H and O–H groups in total. The molecular weight excluding hydrogens is 358 g/mol. The predicted molar refractivity (Wildman–Crippen MR) is 107 cm³/mol. The van der Waals surface area contributed by atoms with E-state index in [1.54, 1.807) is 19.1 Å². The summed E-state index contributed by atoms with van der Waals surface area (Å²) in [4.78, 5) is 10.2. The van der Waals surface area contributed by atoms with Crippen molar-refractivity contribution in [3.63, 3.8) is 0 Å². The second kappa shape index (κ2) is 9.16. The van der Waals surface area contributed by atoms with E-state index in [9.17, 15) is 15.2 Å². The number of nitrogens with two attached hydrogens (primary N) is 1. The molecule has 3 rings (SSSR count). The fraction of sp³-hybridized carbons (Fsp3) is 0.238. The van der Waals surface area contributed by atoms with E-state index in [4.69, 9.17) is 4.42 Å². The molecule has 0 spiro atoms. The van der Waals surface area contributed by atoms with E-state index in [1.165, 1.54) is 12.1 Å². The van der Waals surface area contributed by atoms with Crippen LogP contribution in [0.25, 0.3) is 11.3 Å². The Kier molecular flexibility index (Phi) is 6.41. The van der Waals surface area contributed by atoms with Gasteiger partial charge >= 0.3 is 0 Å². The normalized spacial score (nSPS) is 11.9. The van der Waals surface area contributed by atoms with Crippen molar-refractivity contribution in [1.82, 2.24) is 0 Å². The zero-order valence-corrected chi connectivity index (χ0v) is 15.7. The molecule has 0 saturated carbocycles. The van der Waals surface area contributed by atoms with Crippen LogP contribution < -0.4 is 10.6 Å². The lowest BCUT2D eigenvalue weighted by molar-refractivity contribution is -0.669. The number of hydrogen-bond donors (Lipinski definition) is 3. The van der Waals surface area contributed by atoms with Crippen LogP contribution in [0.5, 0.6) is 0 Å². The highest BCUT2D eigenvalue weighted by Gasteiger charge is 2.08. The molecule has 1 atom stereocenters. The Bertz CT molecular complexity index is 902. The molecule has 7 heteroatoms. The number of rotatable bonds is 9. The number of nitro benzene ring substituents is 1. The summed E-state index contributed by atoms with van der Waals surface area (Å²) >= 11 is 0. The predicted octanol–water partition coefficient (Wildman–Crippen LogP) is 3.08. The van der Waals surface area contributed by atoms with Crippen molar-refractivity contribution in [2.24, 2.45) is 0 Å². The minimum absolute atomic E-state index is 0.0891. The largest absolute Gasteiger partial charge is 0.455 e. The van der Waals surface area contributed by atoms with Gasteiger partial charge < -0.3 is 20.2 Å². The topological polar surface area (TPSA) is 105 Å². The molecule has 146 valence electrons. The minimum atomic E-state index is -0.476. The summed E-state index contributed by atoms with van der Waals surface area (Å²) in [6.45, 7) is 4.06. The third-order valence-corrected chi connectivity index (χ3v) is 4.44. The third kappa shape index (κ3) is 5.18. The van der Waals surface area contributed by atoms with Gasteiger partial charge in [-0.15, -0.1) is 0 Å². The summed E-state index contributed by atoms with van der Waals surface area (Å²) in [6.07, 6.45) is -0.476. The molecule has 0 aliphatic carbocycles. The Labute approximate surface area is 163 Å². The molecule has 1 heterocycles. The number of quaternary nitrogens is 1. The van der Waals surface area contributed by atoms with Gasteiger partial charge in [0.2, 0.25) is 0 Å². The molecule has 0 bridgehead atoms. The molecular formula is C21H24N3O4+. The number of aliphatic hydroxyl groups excluding tert-OH is 1. The molecule has 0 amide bonds. The van der Waals surface area contributed by atoms with Gasteiger partial charge in [-0.3, -0.25) is 10.1 Å². The van der Waals surface area contributed by atoms with Crippen molar-refractivity contribution in [1.29, 1.82) is 0 Å². The maximum atomic E-state index is 10.6. The zero-order valence-electron chi connectivity index (χ0n) is 15.7. The number of nitro groups is 1. The summed E-state index contributed by atoms with van der Waals surface area (Å²) < 4.78 is 5.89. The number of furan rings is 1. The fourth-order valence-corrected chi connectivity index (χ4v) is 2.83. The highest BCUT2D eigenvalue weighted by Crippen LogP contribution is 2.24. The SMILES string of the molecule is C[C@@H](O)c1ccc(-c2ccc(C[NH2+]CCNc3ccc([N+](=O)[O-])cc3)o2)cc1. The molecule has 0 aliphatic heterocycles. The first kappa shape index (κ1) is 19.6. The number of benzene rings is 2. The summed E-state index contributed by atoms with van der Waals surface area (Å²) in [5.41, 5.74) is 2.81. The lowest BCUT2D eigenvalue weighted by Gasteiger charge is -2.05. The van der Waals surface area contributed by atoms with Gasteiger partial charge in [-0.1, -0.05) is 24.3 Å².